The number of thiophene rings is 1. The van der Waals surface area contributed by atoms with Crippen LogP contribution in [0.25, 0.3) is 0 Å². The molecule has 0 amide bonds. The molecule has 0 aromatic carbocycles. The topological polar surface area (TPSA) is 12.0 Å². The fourth-order valence-electron chi connectivity index (χ4n) is 1.40. The zero-order chi connectivity index (χ0) is 10.7. The van der Waals surface area contributed by atoms with E-state index in [9.17, 15) is 0 Å². The molecule has 1 nitrogen and oxygen atoms in total. The van der Waals surface area contributed by atoms with E-state index in [2.05, 4.69) is 64.0 Å². The Morgan fingerprint density at radius 2 is 2.07 bits per heavy atom. The third-order valence-corrected chi connectivity index (χ3v) is 5.40. The summed E-state index contributed by atoms with van der Waals surface area (Å²) in [6.07, 6.45) is 0. The molecule has 0 saturated heterocycles. The maximum Gasteiger partial charge on any atom is 0.0843 e. The molecule has 1 aromatic heterocycles. The summed E-state index contributed by atoms with van der Waals surface area (Å²) in [7, 11) is 0. The Bertz CT molecular complexity index is 277. The van der Waals surface area contributed by atoms with Gasteiger partial charge in [0, 0.05) is 15.4 Å². The van der Waals surface area contributed by atoms with E-state index in [1.165, 1.54) is 8.66 Å². The summed E-state index contributed by atoms with van der Waals surface area (Å²) in [5.74, 6) is 0.618. The average Bonchev–Trinajstić information content (AvgIpc) is 2.42. The van der Waals surface area contributed by atoms with Gasteiger partial charge in [-0.25, -0.2) is 0 Å². The lowest BCUT2D eigenvalue weighted by molar-refractivity contribution is 0.428. The van der Waals surface area contributed by atoms with Crippen molar-refractivity contribution < 1.29 is 0 Å². The molecular weight excluding hydrogens is 326 g/mol. The van der Waals surface area contributed by atoms with Crippen molar-refractivity contribution in [1.29, 1.82) is 0 Å². The summed E-state index contributed by atoms with van der Waals surface area (Å²) in [6.45, 7) is 7.65. The van der Waals surface area contributed by atoms with E-state index in [-0.39, 0.29) is 0 Å². The molecule has 0 spiro atoms. The quantitative estimate of drug-likeness (QED) is 0.845. The van der Waals surface area contributed by atoms with Crippen LogP contribution in [0.2, 0.25) is 0 Å². The molecule has 0 aliphatic carbocycles. The van der Waals surface area contributed by atoms with Crippen LogP contribution < -0.4 is 5.32 Å². The molecule has 0 fully saturated rings. The molecule has 0 aliphatic heterocycles. The van der Waals surface area contributed by atoms with Crippen molar-refractivity contribution in [1.82, 2.24) is 5.32 Å². The summed E-state index contributed by atoms with van der Waals surface area (Å²) in [5.41, 5.74) is 0. The van der Waals surface area contributed by atoms with Crippen LogP contribution in [0.3, 0.4) is 0 Å². The lowest BCUT2D eigenvalue weighted by Crippen LogP contribution is -2.24. The van der Waals surface area contributed by atoms with Crippen molar-refractivity contribution in [3.63, 3.8) is 0 Å². The minimum atomic E-state index is 0.465. The molecular formula is C10H15Br2NS. The van der Waals surface area contributed by atoms with Gasteiger partial charge in [-0.15, -0.1) is 11.3 Å². The van der Waals surface area contributed by atoms with Crippen molar-refractivity contribution in [3.05, 3.63) is 19.2 Å². The smallest absolute Gasteiger partial charge is 0.0843 e. The number of rotatable bonds is 4. The normalized spacial score (nSPS) is 13.6. The van der Waals surface area contributed by atoms with Gasteiger partial charge in [-0.3, -0.25) is 0 Å². The highest BCUT2D eigenvalue weighted by Gasteiger charge is 2.17. The lowest BCUT2D eigenvalue weighted by atomic mass is 10.0. The van der Waals surface area contributed by atoms with E-state index >= 15 is 0 Å². The predicted octanol–water partition coefficient (Wildman–Crippen LogP) is 4.58. The molecule has 0 radical (unpaired) electrons. The summed E-state index contributed by atoms with van der Waals surface area (Å²) < 4.78 is 2.33. The molecule has 0 bridgehead atoms. The van der Waals surface area contributed by atoms with Crippen molar-refractivity contribution in [2.24, 2.45) is 5.92 Å². The monoisotopic (exact) mass is 339 g/mol. The number of nitrogens with one attached hydrogen (secondary N) is 1. The van der Waals surface area contributed by atoms with Gasteiger partial charge in [-0.05, 0) is 50.4 Å². The van der Waals surface area contributed by atoms with Crippen molar-refractivity contribution in [3.8, 4) is 0 Å². The third-order valence-electron chi connectivity index (χ3n) is 2.06. The van der Waals surface area contributed by atoms with Crippen LogP contribution in [0.5, 0.6) is 0 Å². The Labute approximate surface area is 107 Å². The highest BCUT2D eigenvalue weighted by molar-refractivity contribution is 9.13. The van der Waals surface area contributed by atoms with Gasteiger partial charge in [-0.1, -0.05) is 20.8 Å². The molecule has 1 rings (SSSR count). The van der Waals surface area contributed by atoms with Crippen LogP contribution in [-0.4, -0.2) is 6.54 Å². The zero-order valence-corrected chi connectivity index (χ0v) is 12.6. The van der Waals surface area contributed by atoms with Gasteiger partial charge in [0.15, 0.2) is 0 Å². The van der Waals surface area contributed by atoms with E-state index < -0.39 is 0 Å². The van der Waals surface area contributed by atoms with E-state index in [1.807, 2.05) is 0 Å². The van der Waals surface area contributed by atoms with E-state index in [1.54, 1.807) is 11.3 Å². The lowest BCUT2D eigenvalue weighted by Gasteiger charge is -2.20. The summed E-state index contributed by atoms with van der Waals surface area (Å²) >= 11 is 8.85. The fraction of sp³-hybridized carbons (Fsp3) is 0.600. The molecule has 80 valence electrons. The van der Waals surface area contributed by atoms with Crippen molar-refractivity contribution in [2.75, 3.05) is 6.54 Å². The van der Waals surface area contributed by atoms with Crippen LogP contribution in [0.1, 0.15) is 31.7 Å². The van der Waals surface area contributed by atoms with Crippen LogP contribution >= 0.6 is 43.2 Å². The Morgan fingerprint density at radius 1 is 1.43 bits per heavy atom. The Kier molecular flexibility index (Phi) is 5.11. The minimum Gasteiger partial charge on any atom is -0.309 e. The Balaban J connectivity index is 2.87. The Morgan fingerprint density at radius 3 is 2.43 bits per heavy atom. The first-order chi connectivity index (χ1) is 6.56. The SMILES string of the molecule is CCNC(c1cc(Br)c(Br)s1)C(C)C. The summed E-state index contributed by atoms with van der Waals surface area (Å²) in [6, 6.07) is 2.66. The van der Waals surface area contributed by atoms with Crippen LogP contribution in [0.4, 0.5) is 0 Å². The van der Waals surface area contributed by atoms with Crippen LogP contribution in [0.15, 0.2) is 14.3 Å². The molecule has 0 aliphatic rings. The second-order valence-corrected chi connectivity index (χ2v) is 6.81. The summed E-state index contributed by atoms with van der Waals surface area (Å²) in [4.78, 5) is 1.39. The molecule has 1 heterocycles. The van der Waals surface area contributed by atoms with Gasteiger partial charge in [0.2, 0.25) is 0 Å². The molecule has 1 aromatic rings. The maximum atomic E-state index is 3.53. The van der Waals surface area contributed by atoms with Gasteiger partial charge in [-0.2, -0.15) is 0 Å². The largest absolute Gasteiger partial charge is 0.309 e. The van der Waals surface area contributed by atoms with Crippen LogP contribution in [0, 0.1) is 5.92 Å². The van der Waals surface area contributed by atoms with E-state index in [0.29, 0.717) is 12.0 Å². The first kappa shape index (κ1) is 12.7. The van der Waals surface area contributed by atoms with Gasteiger partial charge >= 0.3 is 0 Å². The van der Waals surface area contributed by atoms with Gasteiger partial charge in [0.1, 0.15) is 0 Å². The van der Waals surface area contributed by atoms with Gasteiger partial charge in [0.05, 0.1) is 3.79 Å². The Hall–Kier alpha value is 0.620. The molecule has 1 unspecified atom stereocenters. The first-order valence-corrected chi connectivity index (χ1v) is 7.14. The summed E-state index contributed by atoms with van der Waals surface area (Å²) in [5, 5.41) is 3.51. The van der Waals surface area contributed by atoms with E-state index in [4.69, 9.17) is 0 Å². The number of halogens is 2. The highest BCUT2D eigenvalue weighted by atomic mass is 79.9. The number of hydrogen-bond acceptors (Lipinski definition) is 2. The fourth-order valence-corrected chi connectivity index (χ4v) is 3.74. The minimum absolute atomic E-state index is 0.465. The molecule has 0 saturated carbocycles. The van der Waals surface area contributed by atoms with Crippen LogP contribution in [-0.2, 0) is 0 Å². The highest BCUT2D eigenvalue weighted by Crippen LogP contribution is 2.37. The number of hydrogen-bond donors (Lipinski definition) is 1. The first-order valence-electron chi connectivity index (χ1n) is 4.74. The molecule has 1 N–H and O–H groups in total. The maximum absolute atomic E-state index is 3.53. The van der Waals surface area contributed by atoms with Gasteiger partial charge < -0.3 is 5.32 Å². The third kappa shape index (κ3) is 3.05. The van der Waals surface area contributed by atoms with E-state index in [0.717, 1.165) is 11.0 Å². The molecule has 4 heteroatoms. The van der Waals surface area contributed by atoms with Crippen molar-refractivity contribution >= 4 is 43.2 Å². The predicted molar refractivity (Wildman–Crippen MR) is 71.0 cm³/mol. The van der Waals surface area contributed by atoms with Crippen molar-refractivity contribution in [2.45, 2.75) is 26.8 Å². The average molecular weight is 341 g/mol. The van der Waals surface area contributed by atoms with Gasteiger partial charge in [0.25, 0.3) is 0 Å². The zero-order valence-electron chi connectivity index (χ0n) is 8.60. The molecule has 1 atom stereocenters. The second kappa shape index (κ2) is 5.64. The standard InChI is InChI=1S/C10H15Br2NS/c1-4-13-9(6(2)3)8-5-7(11)10(12)14-8/h5-6,9,13H,4H2,1-3H3. The second-order valence-electron chi connectivity index (χ2n) is 3.55. The molecule has 14 heavy (non-hydrogen) atoms.